The molecule has 0 aliphatic carbocycles. The van der Waals surface area contributed by atoms with E-state index in [4.69, 9.17) is 18.3 Å². The molecule has 1 saturated heterocycles. The molecule has 0 unspecified atom stereocenters. The number of nitrogens with one attached hydrogen (secondary N) is 1. The molecule has 3 atom stereocenters. The van der Waals surface area contributed by atoms with Crippen molar-refractivity contribution in [2.45, 2.75) is 24.1 Å². The second-order valence-electron chi connectivity index (χ2n) is 7.95. The van der Waals surface area contributed by atoms with Crippen LogP contribution in [0.3, 0.4) is 0 Å². The lowest BCUT2D eigenvalue weighted by atomic mass is 9.95. The Balaban J connectivity index is 1.49. The molecule has 2 aliphatic rings. The number of methoxy groups -OCH3 is 1. The van der Waals surface area contributed by atoms with Crippen LogP contribution in [-0.2, 0) is 19.1 Å². The molecular formula is C24H23N3O8S. The molecule has 4 rings (SSSR count). The van der Waals surface area contributed by atoms with Gasteiger partial charge in [-0.2, -0.15) is 0 Å². The number of esters is 1. The Morgan fingerprint density at radius 3 is 2.61 bits per heavy atom. The summed E-state index contributed by atoms with van der Waals surface area (Å²) in [5.41, 5.74) is -1.93. The molecule has 12 heteroatoms. The number of para-hydroxylation sites is 1. The summed E-state index contributed by atoms with van der Waals surface area (Å²) in [6.07, 6.45) is 0. The van der Waals surface area contributed by atoms with Crippen LogP contribution in [0, 0.1) is 10.1 Å². The van der Waals surface area contributed by atoms with Gasteiger partial charge in [0.05, 0.1) is 14.6 Å². The van der Waals surface area contributed by atoms with Crippen LogP contribution in [0.1, 0.15) is 21.4 Å². The van der Waals surface area contributed by atoms with E-state index in [0.29, 0.717) is 11.3 Å². The monoisotopic (exact) mass is 516 g/mol. The molecule has 0 bridgehead atoms. The SMILES string of the molecule is [2H]C([2H])([2H])O[C@@]1(COC(=O)c2ccc([N+](=O)[O-])cc2)C(C)=CS[C@@H]2[C@H](NC(=O)COc3ccccc3)C(=O)N21. The summed E-state index contributed by atoms with van der Waals surface area (Å²) in [5.74, 6) is -1.63. The Kier molecular flexibility index (Phi) is 6.17. The predicted molar refractivity (Wildman–Crippen MR) is 129 cm³/mol. The van der Waals surface area contributed by atoms with E-state index in [1.54, 1.807) is 35.7 Å². The number of rotatable bonds is 9. The van der Waals surface area contributed by atoms with Crippen LogP contribution in [0.25, 0.3) is 0 Å². The zero-order valence-corrected chi connectivity index (χ0v) is 19.7. The summed E-state index contributed by atoms with van der Waals surface area (Å²) in [6, 6.07) is 12.3. The number of ether oxygens (including phenoxy) is 3. The topological polar surface area (TPSA) is 137 Å². The Bertz CT molecular complexity index is 1310. The summed E-state index contributed by atoms with van der Waals surface area (Å²) in [5, 5.41) is 14.3. The van der Waals surface area contributed by atoms with Crippen molar-refractivity contribution in [2.24, 2.45) is 0 Å². The first-order chi connectivity index (χ1) is 18.4. The zero-order chi connectivity index (χ0) is 28.4. The van der Waals surface area contributed by atoms with Gasteiger partial charge in [0, 0.05) is 19.2 Å². The number of β-lactam (4-membered cyclic amide) rings is 1. The van der Waals surface area contributed by atoms with Crippen molar-refractivity contribution in [3.05, 3.63) is 81.3 Å². The van der Waals surface area contributed by atoms with E-state index in [-0.39, 0.29) is 17.9 Å². The first kappa shape index (κ1) is 21.4. The van der Waals surface area contributed by atoms with Crippen LogP contribution in [0.4, 0.5) is 5.69 Å². The second-order valence-corrected chi connectivity index (χ2v) is 8.94. The molecule has 2 aromatic carbocycles. The molecule has 2 amide bonds. The van der Waals surface area contributed by atoms with Gasteiger partial charge >= 0.3 is 5.97 Å². The Labute approximate surface area is 214 Å². The molecule has 2 heterocycles. The Hall–Kier alpha value is -3.90. The van der Waals surface area contributed by atoms with Crippen molar-refractivity contribution in [2.75, 3.05) is 20.3 Å². The number of amides is 2. The van der Waals surface area contributed by atoms with Gasteiger partial charge in [-0.15, -0.1) is 11.8 Å². The summed E-state index contributed by atoms with van der Waals surface area (Å²) < 4.78 is 39.2. The number of fused-ring (bicyclic) bond motifs is 1. The van der Waals surface area contributed by atoms with E-state index in [9.17, 15) is 24.5 Å². The molecule has 188 valence electrons. The van der Waals surface area contributed by atoms with Gasteiger partial charge in [0.15, 0.2) is 6.61 Å². The maximum atomic E-state index is 13.2. The van der Waals surface area contributed by atoms with Gasteiger partial charge < -0.3 is 19.5 Å². The number of hydrogen-bond acceptors (Lipinski definition) is 9. The molecule has 36 heavy (non-hydrogen) atoms. The van der Waals surface area contributed by atoms with Gasteiger partial charge in [0.1, 0.15) is 23.8 Å². The maximum absolute atomic E-state index is 13.2. The van der Waals surface area contributed by atoms with Crippen molar-refractivity contribution < 1.29 is 37.6 Å². The number of benzene rings is 2. The molecule has 0 radical (unpaired) electrons. The number of thioether (sulfide) groups is 1. The summed E-state index contributed by atoms with van der Waals surface area (Å²) in [7, 11) is -2.99. The molecule has 1 N–H and O–H groups in total. The first-order valence-corrected chi connectivity index (χ1v) is 11.6. The molecule has 11 nitrogen and oxygen atoms in total. The predicted octanol–water partition coefficient (Wildman–Crippen LogP) is 2.48. The lowest BCUT2D eigenvalue weighted by molar-refractivity contribution is -0.384. The lowest BCUT2D eigenvalue weighted by Crippen LogP contribution is -2.78. The highest BCUT2D eigenvalue weighted by molar-refractivity contribution is 8.02. The highest BCUT2D eigenvalue weighted by Crippen LogP contribution is 2.46. The van der Waals surface area contributed by atoms with E-state index in [0.717, 1.165) is 17.0 Å². The van der Waals surface area contributed by atoms with Crippen LogP contribution in [0.5, 0.6) is 5.75 Å². The molecule has 0 spiro atoms. The van der Waals surface area contributed by atoms with E-state index in [1.807, 2.05) is 0 Å². The second kappa shape index (κ2) is 10.4. The minimum Gasteiger partial charge on any atom is -0.484 e. The van der Waals surface area contributed by atoms with Gasteiger partial charge in [-0.3, -0.25) is 24.6 Å². The molecular weight excluding hydrogens is 490 g/mol. The van der Waals surface area contributed by atoms with E-state index >= 15 is 0 Å². The van der Waals surface area contributed by atoms with E-state index in [1.165, 1.54) is 30.8 Å². The van der Waals surface area contributed by atoms with E-state index < -0.39 is 53.5 Å². The third-order valence-electron chi connectivity index (χ3n) is 5.74. The van der Waals surface area contributed by atoms with Crippen molar-refractivity contribution in [1.82, 2.24) is 10.2 Å². The fourth-order valence-corrected chi connectivity index (χ4v) is 5.03. The normalized spacial score (nSPS) is 24.1. The first-order valence-electron chi connectivity index (χ1n) is 12.2. The highest BCUT2D eigenvalue weighted by Gasteiger charge is 2.61. The van der Waals surface area contributed by atoms with Gasteiger partial charge in [0.2, 0.25) is 5.72 Å². The number of non-ortho nitro benzene ring substituents is 1. The largest absolute Gasteiger partial charge is 0.484 e. The summed E-state index contributed by atoms with van der Waals surface area (Å²) >= 11 is 1.17. The number of carbonyl (C=O) groups excluding carboxylic acids is 3. The molecule has 2 aliphatic heterocycles. The van der Waals surface area contributed by atoms with E-state index in [2.05, 4.69) is 5.32 Å². The van der Waals surface area contributed by atoms with Crippen molar-refractivity contribution >= 4 is 35.2 Å². The third-order valence-corrected chi connectivity index (χ3v) is 7.00. The minimum atomic E-state index is -2.99. The molecule has 2 aromatic rings. The Morgan fingerprint density at radius 2 is 1.94 bits per heavy atom. The van der Waals surface area contributed by atoms with Crippen molar-refractivity contribution in [3.8, 4) is 5.75 Å². The zero-order valence-electron chi connectivity index (χ0n) is 21.9. The maximum Gasteiger partial charge on any atom is 0.338 e. The average Bonchev–Trinajstić information content (AvgIpc) is 2.90. The van der Waals surface area contributed by atoms with Crippen LogP contribution >= 0.6 is 11.8 Å². The van der Waals surface area contributed by atoms with Gasteiger partial charge in [-0.1, -0.05) is 18.2 Å². The summed E-state index contributed by atoms with van der Waals surface area (Å²) in [4.78, 5) is 49.8. The van der Waals surface area contributed by atoms with Crippen molar-refractivity contribution in [3.63, 3.8) is 0 Å². The average molecular weight is 517 g/mol. The van der Waals surface area contributed by atoms with Crippen LogP contribution in [0.2, 0.25) is 0 Å². The number of carbonyl (C=O) groups is 3. The number of hydrogen-bond donors (Lipinski definition) is 1. The fourth-order valence-electron chi connectivity index (χ4n) is 3.76. The smallest absolute Gasteiger partial charge is 0.338 e. The molecule has 0 saturated carbocycles. The lowest BCUT2D eigenvalue weighted by Gasteiger charge is -2.57. The van der Waals surface area contributed by atoms with Crippen LogP contribution in [-0.4, -0.2) is 65.0 Å². The van der Waals surface area contributed by atoms with Crippen molar-refractivity contribution in [1.29, 1.82) is 0 Å². The van der Waals surface area contributed by atoms with Gasteiger partial charge in [0.25, 0.3) is 17.5 Å². The highest BCUT2D eigenvalue weighted by atomic mass is 32.2. The Morgan fingerprint density at radius 1 is 1.22 bits per heavy atom. The number of nitro benzene ring substituents is 1. The van der Waals surface area contributed by atoms with Gasteiger partial charge in [-0.25, -0.2) is 4.79 Å². The fraction of sp³-hybridized carbons (Fsp3) is 0.292. The third kappa shape index (κ3) is 4.77. The van der Waals surface area contributed by atoms with Crippen LogP contribution in [0.15, 0.2) is 65.6 Å². The molecule has 0 aromatic heterocycles. The van der Waals surface area contributed by atoms with Crippen LogP contribution < -0.4 is 10.1 Å². The standard InChI is InChI=1S/C24H23N3O8S/c1-15-13-36-22-20(25-19(28)12-34-18-6-4-3-5-7-18)21(29)26(22)24(15,33-2)14-35-23(30)16-8-10-17(11-9-16)27(31)32/h3-11,13,20,22H,12,14H2,1-2H3,(H,25,28)/t20-,22-,24+/m1/s1/i2D3. The quantitative estimate of drug-likeness (QED) is 0.231. The number of nitro groups is 1. The molecule has 1 fully saturated rings. The van der Waals surface area contributed by atoms with Gasteiger partial charge in [-0.05, 0) is 42.2 Å². The minimum absolute atomic E-state index is 0.0218. The number of nitrogens with zero attached hydrogens (tertiary/aromatic N) is 2. The summed E-state index contributed by atoms with van der Waals surface area (Å²) in [6.45, 7) is 0.509.